The van der Waals surface area contributed by atoms with Crippen molar-refractivity contribution in [3.8, 4) is 0 Å². The summed E-state index contributed by atoms with van der Waals surface area (Å²) in [5.74, 6) is 0.998. The minimum absolute atomic E-state index is 0.759. The van der Waals surface area contributed by atoms with Gasteiger partial charge in [0.25, 0.3) is 0 Å². The van der Waals surface area contributed by atoms with Crippen LogP contribution >= 0.6 is 0 Å². The van der Waals surface area contributed by atoms with Gasteiger partial charge in [0, 0.05) is 30.9 Å². The van der Waals surface area contributed by atoms with Crippen LogP contribution < -0.4 is 5.32 Å². The van der Waals surface area contributed by atoms with E-state index in [0.717, 1.165) is 25.0 Å². The Hall–Kier alpha value is -0.870. The van der Waals surface area contributed by atoms with Crippen molar-refractivity contribution in [2.24, 2.45) is 5.92 Å². The van der Waals surface area contributed by atoms with Gasteiger partial charge >= 0.3 is 0 Å². The highest BCUT2D eigenvalue weighted by molar-refractivity contribution is 5.04. The Balaban J connectivity index is 1.39. The van der Waals surface area contributed by atoms with Crippen molar-refractivity contribution in [3.63, 3.8) is 0 Å². The second-order valence-electron chi connectivity index (χ2n) is 6.11. The zero-order valence-electron chi connectivity index (χ0n) is 12.0. The van der Waals surface area contributed by atoms with Crippen molar-refractivity contribution < 1.29 is 0 Å². The fourth-order valence-electron chi connectivity index (χ4n) is 2.87. The number of piperidine rings is 1. The van der Waals surface area contributed by atoms with Crippen LogP contribution in [0.4, 0.5) is 0 Å². The maximum absolute atomic E-state index is 4.35. The highest BCUT2D eigenvalue weighted by Gasteiger charge is 2.24. The summed E-state index contributed by atoms with van der Waals surface area (Å²) in [6.07, 6.45) is 9.70. The molecule has 1 saturated heterocycles. The summed E-state index contributed by atoms with van der Waals surface area (Å²) in [7, 11) is 0. The van der Waals surface area contributed by atoms with Crippen molar-refractivity contribution in [1.29, 1.82) is 0 Å². The van der Waals surface area contributed by atoms with Gasteiger partial charge in [-0.2, -0.15) is 5.10 Å². The molecule has 0 unspecified atom stereocenters. The van der Waals surface area contributed by atoms with E-state index in [9.17, 15) is 0 Å². The molecule has 2 aliphatic rings. The molecule has 4 nitrogen and oxygen atoms in total. The quantitative estimate of drug-likeness (QED) is 0.849. The van der Waals surface area contributed by atoms with Gasteiger partial charge in [-0.05, 0) is 58.2 Å². The second kappa shape index (κ2) is 6.06. The number of nitrogens with one attached hydrogen (secondary N) is 1. The zero-order chi connectivity index (χ0) is 13.1. The Labute approximate surface area is 116 Å². The minimum Gasteiger partial charge on any atom is -0.314 e. The van der Waals surface area contributed by atoms with Gasteiger partial charge in [0.2, 0.25) is 0 Å². The van der Waals surface area contributed by atoms with E-state index >= 15 is 0 Å². The Bertz CT molecular complexity index is 389. The molecule has 2 heterocycles. The third-order valence-corrected chi connectivity index (χ3v) is 4.40. The van der Waals surface area contributed by atoms with Crippen LogP contribution in [-0.4, -0.2) is 40.4 Å². The van der Waals surface area contributed by atoms with Gasteiger partial charge in [-0.25, -0.2) is 0 Å². The van der Waals surface area contributed by atoms with Crippen LogP contribution in [0.15, 0.2) is 12.4 Å². The van der Waals surface area contributed by atoms with E-state index < -0.39 is 0 Å². The van der Waals surface area contributed by atoms with E-state index in [2.05, 4.69) is 28.4 Å². The maximum atomic E-state index is 4.35. The molecule has 19 heavy (non-hydrogen) atoms. The average Bonchev–Trinajstić information content (AvgIpc) is 3.17. The molecule has 1 N–H and O–H groups in total. The monoisotopic (exact) mass is 262 g/mol. The molecule has 0 radical (unpaired) electrons. The Kier molecular flexibility index (Phi) is 4.18. The number of rotatable bonds is 6. The summed E-state index contributed by atoms with van der Waals surface area (Å²) < 4.78 is 2.01. The molecule has 0 amide bonds. The Morgan fingerprint density at radius 3 is 2.68 bits per heavy atom. The van der Waals surface area contributed by atoms with Crippen LogP contribution in [0, 0.1) is 5.92 Å². The SMILES string of the molecule is CCn1cc(CN2CCC(NCC3CC3)CC2)cn1. The molecule has 0 bridgehead atoms. The Morgan fingerprint density at radius 1 is 1.26 bits per heavy atom. The van der Waals surface area contributed by atoms with Gasteiger partial charge in [-0.3, -0.25) is 9.58 Å². The normalized spacial score (nSPS) is 21.9. The van der Waals surface area contributed by atoms with Crippen molar-refractivity contribution >= 4 is 0 Å². The number of aryl methyl sites for hydroxylation is 1. The molecular formula is C15H26N4. The lowest BCUT2D eigenvalue weighted by Gasteiger charge is -2.32. The van der Waals surface area contributed by atoms with Crippen LogP contribution in [0.3, 0.4) is 0 Å². The van der Waals surface area contributed by atoms with E-state index in [1.54, 1.807) is 0 Å². The predicted molar refractivity (Wildman–Crippen MR) is 76.9 cm³/mol. The summed E-state index contributed by atoms with van der Waals surface area (Å²) in [4.78, 5) is 2.56. The average molecular weight is 262 g/mol. The summed E-state index contributed by atoms with van der Waals surface area (Å²) >= 11 is 0. The predicted octanol–water partition coefficient (Wildman–Crippen LogP) is 1.87. The summed E-state index contributed by atoms with van der Waals surface area (Å²) in [6.45, 7) is 7.86. The number of hydrogen-bond acceptors (Lipinski definition) is 3. The number of likely N-dealkylation sites (tertiary alicyclic amines) is 1. The fraction of sp³-hybridized carbons (Fsp3) is 0.800. The lowest BCUT2D eigenvalue weighted by molar-refractivity contribution is 0.190. The minimum atomic E-state index is 0.759. The molecule has 1 aliphatic heterocycles. The maximum Gasteiger partial charge on any atom is 0.0534 e. The van der Waals surface area contributed by atoms with Crippen LogP contribution in [0.2, 0.25) is 0 Å². The highest BCUT2D eigenvalue weighted by Crippen LogP contribution is 2.28. The van der Waals surface area contributed by atoms with E-state index in [0.29, 0.717) is 0 Å². The Morgan fingerprint density at radius 2 is 2.05 bits per heavy atom. The molecule has 106 valence electrons. The van der Waals surface area contributed by atoms with E-state index in [4.69, 9.17) is 0 Å². The molecule has 1 aromatic rings. The van der Waals surface area contributed by atoms with Gasteiger partial charge in [-0.1, -0.05) is 0 Å². The summed E-state index contributed by atoms with van der Waals surface area (Å²) in [5.41, 5.74) is 1.35. The standard InChI is InChI=1S/C15H26N4/c1-2-19-12-14(10-17-19)11-18-7-5-15(6-8-18)16-9-13-3-4-13/h10,12-13,15-16H,2-9,11H2,1H3. The molecule has 0 aromatic carbocycles. The lowest BCUT2D eigenvalue weighted by atomic mass is 10.0. The third kappa shape index (κ3) is 3.80. The van der Waals surface area contributed by atoms with Gasteiger partial charge in [0.15, 0.2) is 0 Å². The number of nitrogens with zero attached hydrogens (tertiary/aromatic N) is 3. The first kappa shape index (κ1) is 13.1. The summed E-state index contributed by atoms with van der Waals surface area (Å²) in [6, 6.07) is 0.759. The molecule has 2 fully saturated rings. The largest absolute Gasteiger partial charge is 0.314 e. The molecular weight excluding hydrogens is 236 g/mol. The first-order chi connectivity index (χ1) is 9.33. The molecule has 3 rings (SSSR count). The van der Waals surface area contributed by atoms with Crippen molar-refractivity contribution in [1.82, 2.24) is 20.0 Å². The van der Waals surface area contributed by atoms with Gasteiger partial charge in [0.1, 0.15) is 0 Å². The van der Waals surface area contributed by atoms with Crippen molar-refractivity contribution in [2.45, 2.75) is 51.7 Å². The molecule has 1 aromatic heterocycles. The van der Waals surface area contributed by atoms with Crippen molar-refractivity contribution in [2.75, 3.05) is 19.6 Å². The van der Waals surface area contributed by atoms with Gasteiger partial charge < -0.3 is 5.32 Å². The van der Waals surface area contributed by atoms with E-state index in [1.807, 2.05) is 10.9 Å². The molecule has 1 saturated carbocycles. The highest BCUT2D eigenvalue weighted by atomic mass is 15.3. The van der Waals surface area contributed by atoms with E-state index in [1.165, 1.54) is 50.9 Å². The topological polar surface area (TPSA) is 33.1 Å². The summed E-state index contributed by atoms with van der Waals surface area (Å²) in [5, 5.41) is 8.09. The van der Waals surface area contributed by atoms with Crippen molar-refractivity contribution in [3.05, 3.63) is 18.0 Å². The first-order valence-corrected chi connectivity index (χ1v) is 7.80. The van der Waals surface area contributed by atoms with Crippen LogP contribution in [0.25, 0.3) is 0 Å². The number of hydrogen-bond donors (Lipinski definition) is 1. The first-order valence-electron chi connectivity index (χ1n) is 7.80. The van der Waals surface area contributed by atoms with Crippen LogP contribution in [0.1, 0.15) is 38.2 Å². The molecule has 1 aliphatic carbocycles. The smallest absolute Gasteiger partial charge is 0.0534 e. The van der Waals surface area contributed by atoms with Gasteiger partial charge in [0.05, 0.1) is 6.20 Å². The lowest BCUT2D eigenvalue weighted by Crippen LogP contribution is -2.42. The molecule has 0 spiro atoms. The third-order valence-electron chi connectivity index (χ3n) is 4.40. The molecule has 0 atom stereocenters. The van der Waals surface area contributed by atoms with Crippen LogP contribution in [-0.2, 0) is 13.1 Å². The van der Waals surface area contributed by atoms with Gasteiger partial charge in [-0.15, -0.1) is 0 Å². The molecule has 4 heteroatoms. The van der Waals surface area contributed by atoms with Crippen LogP contribution in [0.5, 0.6) is 0 Å². The zero-order valence-corrected chi connectivity index (χ0v) is 12.0. The van der Waals surface area contributed by atoms with E-state index in [-0.39, 0.29) is 0 Å². The number of aromatic nitrogens is 2. The second-order valence-corrected chi connectivity index (χ2v) is 6.11. The fourth-order valence-corrected chi connectivity index (χ4v) is 2.87.